The molecule has 3 aromatic rings. The second kappa shape index (κ2) is 9.31. The number of hydrogen-bond donors (Lipinski definition) is 1. The van der Waals surface area contributed by atoms with Crippen molar-refractivity contribution < 1.29 is 18.1 Å². The van der Waals surface area contributed by atoms with Gasteiger partial charge in [-0.15, -0.1) is 0 Å². The largest absolute Gasteiger partial charge is 0.482 e. The Labute approximate surface area is 169 Å². The van der Waals surface area contributed by atoms with E-state index in [1.165, 1.54) is 18.2 Å². The van der Waals surface area contributed by atoms with Crippen molar-refractivity contribution in [2.75, 3.05) is 6.54 Å². The van der Waals surface area contributed by atoms with Crippen LogP contribution < -0.4 is 9.46 Å². The topological polar surface area (TPSA) is 98.5 Å². The Bertz CT molecular complexity index is 1070. The molecule has 1 N–H and O–H groups in total. The van der Waals surface area contributed by atoms with Crippen LogP contribution in [0.2, 0.25) is 0 Å². The molecule has 3 rings (SSSR count). The summed E-state index contributed by atoms with van der Waals surface area (Å²) in [5, 5.41) is 11.3. The minimum Gasteiger partial charge on any atom is -0.482 e. The first-order valence-corrected chi connectivity index (χ1v) is 10.4. The van der Waals surface area contributed by atoms with Gasteiger partial charge < -0.3 is 4.74 Å². The van der Waals surface area contributed by atoms with E-state index in [0.29, 0.717) is 6.42 Å². The van der Waals surface area contributed by atoms with Crippen molar-refractivity contribution in [1.29, 1.82) is 0 Å². The summed E-state index contributed by atoms with van der Waals surface area (Å²) in [6.45, 7) is 0.360. The predicted octanol–water partition coefficient (Wildman–Crippen LogP) is 3.69. The monoisotopic (exact) mass is 412 g/mol. The summed E-state index contributed by atoms with van der Waals surface area (Å²) in [5.74, 6) is 0.155. The lowest BCUT2D eigenvalue weighted by atomic mass is 10.1. The van der Waals surface area contributed by atoms with Crippen LogP contribution in [-0.4, -0.2) is 19.9 Å². The van der Waals surface area contributed by atoms with Gasteiger partial charge in [-0.3, -0.25) is 10.1 Å². The summed E-state index contributed by atoms with van der Waals surface area (Å²) in [6, 6.07) is 22.0. The van der Waals surface area contributed by atoms with E-state index in [0.717, 1.165) is 11.1 Å². The highest BCUT2D eigenvalue weighted by Gasteiger charge is 2.17. The number of benzene rings is 3. The third kappa shape index (κ3) is 5.63. The van der Waals surface area contributed by atoms with Gasteiger partial charge in [0.25, 0.3) is 0 Å². The Morgan fingerprint density at radius 1 is 0.897 bits per heavy atom. The predicted molar refractivity (Wildman–Crippen MR) is 109 cm³/mol. The zero-order valence-corrected chi connectivity index (χ0v) is 16.3. The van der Waals surface area contributed by atoms with E-state index in [1.807, 2.05) is 30.3 Å². The molecule has 150 valence electrons. The molecule has 0 fully saturated rings. The van der Waals surface area contributed by atoms with Crippen molar-refractivity contribution in [3.8, 4) is 5.75 Å². The van der Waals surface area contributed by atoms with Crippen molar-refractivity contribution >= 4 is 15.7 Å². The van der Waals surface area contributed by atoms with Gasteiger partial charge in [-0.05, 0) is 35.7 Å². The van der Waals surface area contributed by atoms with Crippen molar-refractivity contribution in [2.45, 2.75) is 17.9 Å². The first kappa shape index (κ1) is 20.5. The maximum absolute atomic E-state index is 12.3. The van der Waals surface area contributed by atoms with Gasteiger partial charge in [0.1, 0.15) is 6.61 Å². The van der Waals surface area contributed by atoms with Gasteiger partial charge in [-0.25, -0.2) is 13.1 Å². The average molecular weight is 412 g/mol. The molecule has 0 aromatic heterocycles. The second-order valence-corrected chi connectivity index (χ2v) is 8.06. The molecule has 0 heterocycles. The summed E-state index contributed by atoms with van der Waals surface area (Å²) in [4.78, 5) is 11.0. The first-order chi connectivity index (χ1) is 14.0. The molecule has 0 spiro atoms. The summed E-state index contributed by atoms with van der Waals surface area (Å²) in [7, 11) is -3.60. The van der Waals surface area contributed by atoms with E-state index in [9.17, 15) is 18.5 Å². The molecule has 0 bridgehead atoms. The molecule has 0 radical (unpaired) electrons. The molecule has 0 saturated heterocycles. The van der Waals surface area contributed by atoms with E-state index >= 15 is 0 Å². The summed E-state index contributed by atoms with van der Waals surface area (Å²) >= 11 is 0. The summed E-state index contributed by atoms with van der Waals surface area (Å²) < 4.78 is 32.7. The molecule has 0 saturated carbocycles. The Hall–Kier alpha value is -3.23. The molecule has 0 aliphatic heterocycles. The fourth-order valence-corrected chi connectivity index (χ4v) is 3.78. The maximum Gasteiger partial charge on any atom is 0.310 e. The smallest absolute Gasteiger partial charge is 0.310 e. The molecular weight excluding hydrogens is 392 g/mol. The molecule has 7 nitrogen and oxygen atoms in total. The third-order valence-corrected chi connectivity index (χ3v) is 5.69. The second-order valence-electron chi connectivity index (χ2n) is 6.29. The number of nitrogens with zero attached hydrogens (tertiary/aromatic N) is 1. The van der Waals surface area contributed by atoms with Crippen LogP contribution in [0, 0.1) is 10.1 Å². The minimum absolute atomic E-state index is 0.130. The lowest BCUT2D eigenvalue weighted by Gasteiger charge is -2.10. The molecule has 8 heteroatoms. The van der Waals surface area contributed by atoms with Gasteiger partial charge in [0.15, 0.2) is 5.75 Å². The zero-order chi connectivity index (χ0) is 20.7. The number of nitro benzene ring substituents is 1. The Kier molecular flexibility index (Phi) is 6.58. The van der Waals surface area contributed by atoms with Gasteiger partial charge in [0.05, 0.1) is 9.82 Å². The quantitative estimate of drug-likeness (QED) is 0.427. The highest BCUT2D eigenvalue weighted by atomic mass is 32.2. The fourth-order valence-electron chi connectivity index (χ4n) is 2.73. The van der Waals surface area contributed by atoms with Crippen molar-refractivity contribution in [3.63, 3.8) is 0 Å². The van der Waals surface area contributed by atoms with Crippen LogP contribution in [0.4, 0.5) is 5.69 Å². The zero-order valence-electron chi connectivity index (χ0n) is 15.5. The fraction of sp³-hybridized carbons (Fsp3) is 0.143. The summed E-state index contributed by atoms with van der Waals surface area (Å²) in [6.07, 6.45) is 0.367. The SMILES string of the molecule is O=[N+]([O-])c1ccc(CCNS(=O)(=O)c2ccccc2)cc1OCc1ccccc1. The Morgan fingerprint density at radius 3 is 2.21 bits per heavy atom. The first-order valence-electron chi connectivity index (χ1n) is 8.94. The van der Waals surface area contributed by atoms with Gasteiger partial charge in [-0.2, -0.15) is 0 Å². The number of nitro groups is 1. The van der Waals surface area contributed by atoms with Crippen LogP contribution in [0.15, 0.2) is 83.8 Å². The molecule has 0 amide bonds. The van der Waals surface area contributed by atoms with Crippen LogP contribution in [0.25, 0.3) is 0 Å². The molecule has 0 aliphatic rings. The van der Waals surface area contributed by atoms with Gasteiger partial charge in [-0.1, -0.05) is 54.6 Å². The van der Waals surface area contributed by atoms with E-state index in [-0.39, 0.29) is 29.5 Å². The normalized spacial score (nSPS) is 11.2. The van der Waals surface area contributed by atoms with Crippen molar-refractivity contribution in [2.24, 2.45) is 0 Å². The average Bonchev–Trinajstić information content (AvgIpc) is 2.73. The number of rotatable bonds is 9. The molecule has 29 heavy (non-hydrogen) atoms. The molecule has 0 atom stereocenters. The van der Waals surface area contributed by atoms with E-state index in [4.69, 9.17) is 4.74 Å². The maximum atomic E-state index is 12.3. The van der Waals surface area contributed by atoms with Crippen molar-refractivity contribution in [3.05, 3.63) is 100 Å². The van der Waals surface area contributed by atoms with Crippen molar-refractivity contribution in [1.82, 2.24) is 4.72 Å². The third-order valence-electron chi connectivity index (χ3n) is 4.22. The lowest BCUT2D eigenvalue weighted by Crippen LogP contribution is -2.25. The number of nitrogens with one attached hydrogen (secondary N) is 1. The van der Waals surface area contributed by atoms with Crippen LogP contribution in [0.5, 0.6) is 5.75 Å². The molecule has 3 aromatic carbocycles. The van der Waals surface area contributed by atoms with Crippen LogP contribution in [-0.2, 0) is 23.1 Å². The number of hydrogen-bond acceptors (Lipinski definition) is 5. The van der Waals surface area contributed by atoms with Gasteiger partial charge in [0, 0.05) is 12.6 Å². The Balaban J connectivity index is 1.67. The molecule has 0 unspecified atom stereocenters. The Morgan fingerprint density at radius 2 is 1.55 bits per heavy atom. The van der Waals surface area contributed by atoms with E-state index in [2.05, 4.69) is 4.72 Å². The minimum atomic E-state index is -3.60. The van der Waals surface area contributed by atoms with Gasteiger partial charge >= 0.3 is 5.69 Å². The molecule has 0 aliphatic carbocycles. The van der Waals surface area contributed by atoms with Crippen LogP contribution >= 0.6 is 0 Å². The molecular formula is C21H20N2O5S. The standard InChI is InChI=1S/C21H20N2O5S/c24-23(25)20-12-11-17(15-21(20)28-16-18-7-3-1-4-8-18)13-14-22-29(26,27)19-9-5-2-6-10-19/h1-12,15,22H,13-14,16H2. The number of sulfonamides is 1. The lowest BCUT2D eigenvalue weighted by molar-refractivity contribution is -0.386. The summed E-state index contributed by atoms with van der Waals surface area (Å²) in [5.41, 5.74) is 1.49. The van der Waals surface area contributed by atoms with E-state index in [1.54, 1.807) is 30.3 Å². The van der Waals surface area contributed by atoms with Crippen LogP contribution in [0.1, 0.15) is 11.1 Å². The highest BCUT2D eigenvalue weighted by Crippen LogP contribution is 2.29. The van der Waals surface area contributed by atoms with Crippen LogP contribution in [0.3, 0.4) is 0 Å². The highest BCUT2D eigenvalue weighted by molar-refractivity contribution is 7.89. The van der Waals surface area contributed by atoms with Gasteiger partial charge in [0.2, 0.25) is 10.0 Å². The van der Waals surface area contributed by atoms with E-state index < -0.39 is 14.9 Å². The number of ether oxygens (including phenoxy) is 1.